The van der Waals surface area contributed by atoms with Crippen LogP contribution < -0.4 is 5.32 Å². The van der Waals surface area contributed by atoms with Crippen molar-refractivity contribution in [3.8, 4) is 0 Å². The predicted molar refractivity (Wildman–Crippen MR) is 74.3 cm³/mol. The van der Waals surface area contributed by atoms with Gasteiger partial charge in [0.2, 0.25) is 0 Å². The molecule has 0 aromatic carbocycles. The molecule has 94 valence electrons. The van der Waals surface area contributed by atoms with Gasteiger partial charge in [-0.25, -0.2) is 9.97 Å². The highest BCUT2D eigenvalue weighted by atomic mass is 79.9. The molecule has 2 rings (SSSR count). The molecule has 0 aliphatic heterocycles. The minimum Gasteiger partial charge on any atom is -0.365 e. The Hall–Kier alpha value is -0.640. The van der Waals surface area contributed by atoms with Gasteiger partial charge in [0.05, 0.1) is 0 Å². The first-order valence-electron chi connectivity index (χ1n) is 6.39. The monoisotopic (exact) mass is 297 g/mol. The Balaban J connectivity index is 2.20. The van der Waals surface area contributed by atoms with Crippen LogP contribution in [0.25, 0.3) is 0 Å². The lowest BCUT2D eigenvalue weighted by molar-refractivity contribution is 0.476. The van der Waals surface area contributed by atoms with Crippen molar-refractivity contribution in [2.24, 2.45) is 0 Å². The predicted octanol–water partition coefficient (Wildman–Crippen LogP) is 4.11. The van der Waals surface area contributed by atoms with Crippen LogP contribution in [0.2, 0.25) is 0 Å². The highest BCUT2D eigenvalue weighted by Gasteiger charge is 2.28. The van der Waals surface area contributed by atoms with Crippen molar-refractivity contribution in [2.45, 2.75) is 57.9 Å². The second kappa shape index (κ2) is 4.92. The minimum atomic E-state index is 0.120. The van der Waals surface area contributed by atoms with E-state index in [2.05, 4.69) is 52.0 Å². The lowest BCUT2D eigenvalue weighted by Gasteiger charge is -2.29. The Bertz CT molecular complexity index is 398. The molecule has 3 nitrogen and oxygen atoms in total. The topological polar surface area (TPSA) is 37.8 Å². The smallest absolute Gasteiger partial charge is 0.135 e. The van der Waals surface area contributed by atoms with E-state index >= 15 is 0 Å². The van der Waals surface area contributed by atoms with E-state index in [9.17, 15) is 0 Å². The number of nitrogens with zero attached hydrogens (tertiary/aromatic N) is 2. The zero-order valence-corrected chi connectivity index (χ0v) is 12.3. The Morgan fingerprint density at radius 1 is 1.35 bits per heavy atom. The number of hydrogen-bond acceptors (Lipinski definition) is 3. The standard InChI is InChI=1S/C13H20BrN3/c1-4-13(3,5-2)17-11-8-10(14)15-12(16-11)9-6-7-9/h8-9H,4-7H2,1-3H3,(H,15,16,17). The third-order valence-electron chi connectivity index (χ3n) is 3.65. The van der Waals surface area contributed by atoms with Crippen LogP contribution in [0, 0.1) is 0 Å². The normalized spacial score (nSPS) is 16.0. The number of hydrogen-bond donors (Lipinski definition) is 1. The van der Waals surface area contributed by atoms with E-state index in [-0.39, 0.29) is 5.54 Å². The molecule has 0 saturated heterocycles. The number of nitrogens with one attached hydrogen (secondary N) is 1. The molecule has 4 heteroatoms. The molecule has 1 fully saturated rings. The Labute approximate surface area is 112 Å². The summed E-state index contributed by atoms with van der Waals surface area (Å²) in [6, 6.07) is 1.97. The van der Waals surface area contributed by atoms with E-state index in [0.29, 0.717) is 5.92 Å². The van der Waals surface area contributed by atoms with Crippen molar-refractivity contribution in [3.63, 3.8) is 0 Å². The molecule has 0 amide bonds. The van der Waals surface area contributed by atoms with Gasteiger partial charge in [-0.05, 0) is 48.5 Å². The molecular formula is C13H20BrN3. The first-order chi connectivity index (χ1) is 8.06. The molecule has 1 heterocycles. The number of rotatable bonds is 5. The molecule has 1 aromatic rings. The van der Waals surface area contributed by atoms with Crippen LogP contribution in [0.3, 0.4) is 0 Å². The summed E-state index contributed by atoms with van der Waals surface area (Å²) in [7, 11) is 0. The summed E-state index contributed by atoms with van der Waals surface area (Å²) in [6.45, 7) is 6.64. The fourth-order valence-corrected chi connectivity index (χ4v) is 2.16. The highest BCUT2D eigenvalue weighted by molar-refractivity contribution is 9.10. The van der Waals surface area contributed by atoms with Gasteiger partial charge in [0.25, 0.3) is 0 Å². The average molecular weight is 298 g/mol. The van der Waals surface area contributed by atoms with Crippen molar-refractivity contribution >= 4 is 21.7 Å². The zero-order chi connectivity index (χ0) is 12.5. The van der Waals surface area contributed by atoms with Crippen LogP contribution >= 0.6 is 15.9 Å². The summed E-state index contributed by atoms with van der Waals surface area (Å²) in [6.07, 6.45) is 4.64. The van der Waals surface area contributed by atoms with Crippen LogP contribution in [0.15, 0.2) is 10.7 Å². The molecule has 1 aromatic heterocycles. The van der Waals surface area contributed by atoms with Gasteiger partial charge in [-0.2, -0.15) is 0 Å². The van der Waals surface area contributed by atoms with Crippen LogP contribution in [0.5, 0.6) is 0 Å². The van der Waals surface area contributed by atoms with E-state index in [4.69, 9.17) is 0 Å². The van der Waals surface area contributed by atoms with E-state index in [1.807, 2.05) is 6.07 Å². The number of anilines is 1. The molecule has 0 bridgehead atoms. The van der Waals surface area contributed by atoms with Crippen LogP contribution in [0.4, 0.5) is 5.82 Å². The van der Waals surface area contributed by atoms with Crippen molar-refractivity contribution in [3.05, 3.63) is 16.5 Å². The maximum Gasteiger partial charge on any atom is 0.135 e. The molecule has 17 heavy (non-hydrogen) atoms. The van der Waals surface area contributed by atoms with Gasteiger partial charge < -0.3 is 5.32 Å². The first-order valence-corrected chi connectivity index (χ1v) is 7.18. The Kier molecular flexibility index (Phi) is 3.71. The molecule has 0 atom stereocenters. The van der Waals surface area contributed by atoms with E-state index < -0.39 is 0 Å². The first kappa shape index (κ1) is 12.8. The average Bonchev–Trinajstić information content (AvgIpc) is 3.12. The maximum absolute atomic E-state index is 4.62. The maximum atomic E-state index is 4.62. The second-order valence-electron chi connectivity index (χ2n) is 5.10. The Morgan fingerprint density at radius 2 is 2.00 bits per heavy atom. The summed E-state index contributed by atoms with van der Waals surface area (Å²) < 4.78 is 0.881. The molecule has 1 N–H and O–H groups in total. The lowest BCUT2D eigenvalue weighted by atomic mass is 9.96. The molecule has 1 saturated carbocycles. The zero-order valence-electron chi connectivity index (χ0n) is 10.8. The summed E-state index contributed by atoms with van der Waals surface area (Å²) in [5.41, 5.74) is 0.120. The summed E-state index contributed by atoms with van der Waals surface area (Å²) in [4.78, 5) is 9.07. The van der Waals surface area contributed by atoms with Gasteiger partial charge in [-0.1, -0.05) is 13.8 Å². The van der Waals surface area contributed by atoms with E-state index in [0.717, 1.165) is 29.1 Å². The summed E-state index contributed by atoms with van der Waals surface area (Å²) in [5.74, 6) is 2.51. The molecule has 0 radical (unpaired) electrons. The quantitative estimate of drug-likeness (QED) is 0.831. The minimum absolute atomic E-state index is 0.120. The van der Waals surface area contributed by atoms with Crippen molar-refractivity contribution < 1.29 is 0 Å². The number of aromatic nitrogens is 2. The third kappa shape index (κ3) is 3.18. The van der Waals surface area contributed by atoms with Gasteiger partial charge in [0.15, 0.2) is 0 Å². The fraction of sp³-hybridized carbons (Fsp3) is 0.692. The molecule has 0 unspecified atom stereocenters. The highest BCUT2D eigenvalue weighted by Crippen LogP contribution is 2.39. The SMILES string of the molecule is CCC(C)(CC)Nc1cc(Br)nc(C2CC2)n1. The fourth-order valence-electron chi connectivity index (χ4n) is 1.76. The van der Waals surface area contributed by atoms with Crippen LogP contribution in [0.1, 0.15) is 58.2 Å². The van der Waals surface area contributed by atoms with Gasteiger partial charge in [-0.3, -0.25) is 0 Å². The van der Waals surface area contributed by atoms with Gasteiger partial charge >= 0.3 is 0 Å². The number of halogens is 1. The van der Waals surface area contributed by atoms with E-state index in [1.54, 1.807) is 0 Å². The van der Waals surface area contributed by atoms with Gasteiger partial charge in [0.1, 0.15) is 16.2 Å². The second-order valence-corrected chi connectivity index (χ2v) is 5.91. The van der Waals surface area contributed by atoms with Crippen molar-refractivity contribution in [2.75, 3.05) is 5.32 Å². The van der Waals surface area contributed by atoms with Gasteiger partial charge in [-0.15, -0.1) is 0 Å². The van der Waals surface area contributed by atoms with Crippen LogP contribution in [-0.4, -0.2) is 15.5 Å². The molecule has 1 aliphatic carbocycles. The summed E-state index contributed by atoms with van der Waals surface area (Å²) in [5, 5.41) is 3.54. The molecular weight excluding hydrogens is 278 g/mol. The Morgan fingerprint density at radius 3 is 2.53 bits per heavy atom. The van der Waals surface area contributed by atoms with Crippen molar-refractivity contribution in [1.82, 2.24) is 9.97 Å². The lowest BCUT2D eigenvalue weighted by Crippen LogP contribution is -2.33. The van der Waals surface area contributed by atoms with Crippen molar-refractivity contribution in [1.29, 1.82) is 0 Å². The van der Waals surface area contributed by atoms with Crippen LogP contribution in [-0.2, 0) is 0 Å². The molecule has 0 spiro atoms. The largest absolute Gasteiger partial charge is 0.365 e. The van der Waals surface area contributed by atoms with Gasteiger partial charge in [0, 0.05) is 17.5 Å². The third-order valence-corrected chi connectivity index (χ3v) is 4.05. The summed E-state index contributed by atoms with van der Waals surface area (Å²) >= 11 is 3.47. The van der Waals surface area contributed by atoms with E-state index in [1.165, 1.54) is 12.8 Å². The molecule has 1 aliphatic rings.